The maximum absolute atomic E-state index is 12.3. The Morgan fingerprint density at radius 1 is 1.54 bits per heavy atom. The maximum atomic E-state index is 12.3. The molecule has 3 rings (SSSR count). The SMILES string of the molecule is C=CCOC(=O)N1C[C@H](OS(C)(=O)=O)C[C@H]1Cc1cn2c(C)ncc2s1. The second kappa shape index (κ2) is 7.37. The molecule has 0 aliphatic carbocycles. The molecule has 0 bridgehead atoms. The molecule has 1 aliphatic rings. The van der Waals surface area contributed by atoms with E-state index in [-0.39, 0.29) is 19.2 Å². The van der Waals surface area contributed by atoms with E-state index in [1.807, 2.05) is 23.7 Å². The van der Waals surface area contributed by atoms with Gasteiger partial charge in [0.05, 0.1) is 25.1 Å². The van der Waals surface area contributed by atoms with E-state index in [1.54, 1.807) is 16.2 Å². The highest BCUT2D eigenvalue weighted by atomic mass is 32.2. The monoisotopic (exact) mass is 399 g/mol. The minimum absolute atomic E-state index is 0.105. The molecular weight excluding hydrogens is 378 g/mol. The summed E-state index contributed by atoms with van der Waals surface area (Å²) in [7, 11) is -3.59. The van der Waals surface area contributed by atoms with Gasteiger partial charge in [0.1, 0.15) is 17.3 Å². The Bertz CT molecular complexity index is 918. The molecule has 8 nitrogen and oxygen atoms in total. The van der Waals surface area contributed by atoms with Crippen molar-refractivity contribution in [3.8, 4) is 0 Å². The predicted molar refractivity (Wildman–Crippen MR) is 97.9 cm³/mol. The molecule has 0 N–H and O–H groups in total. The Morgan fingerprint density at radius 3 is 2.96 bits per heavy atom. The van der Waals surface area contributed by atoms with E-state index in [1.165, 1.54) is 6.08 Å². The van der Waals surface area contributed by atoms with Gasteiger partial charge in [0.2, 0.25) is 0 Å². The fourth-order valence-electron chi connectivity index (χ4n) is 3.12. The Kier molecular flexibility index (Phi) is 5.35. The van der Waals surface area contributed by atoms with E-state index >= 15 is 0 Å². The van der Waals surface area contributed by atoms with E-state index in [4.69, 9.17) is 8.92 Å². The first-order chi connectivity index (χ1) is 12.3. The number of rotatable bonds is 6. The second-order valence-corrected chi connectivity index (χ2v) is 8.99. The van der Waals surface area contributed by atoms with Crippen LogP contribution >= 0.6 is 11.3 Å². The van der Waals surface area contributed by atoms with E-state index in [2.05, 4.69) is 11.6 Å². The quantitative estimate of drug-likeness (QED) is 0.545. The van der Waals surface area contributed by atoms with E-state index < -0.39 is 22.3 Å². The van der Waals surface area contributed by atoms with Crippen LogP contribution in [-0.2, 0) is 25.5 Å². The number of aryl methyl sites for hydroxylation is 1. The number of nitrogens with zero attached hydrogens (tertiary/aromatic N) is 3. The minimum Gasteiger partial charge on any atom is -0.445 e. The number of imidazole rings is 1. The number of fused-ring (bicyclic) bond motifs is 1. The lowest BCUT2D eigenvalue weighted by Crippen LogP contribution is -2.37. The maximum Gasteiger partial charge on any atom is 0.410 e. The smallest absolute Gasteiger partial charge is 0.410 e. The Balaban J connectivity index is 1.77. The first-order valence-electron chi connectivity index (χ1n) is 8.11. The Hall–Kier alpha value is -1.91. The number of likely N-dealkylation sites (tertiary alicyclic amines) is 1. The molecular formula is C16H21N3O5S2. The van der Waals surface area contributed by atoms with Gasteiger partial charge in [-0.05, 0) is 13.3 Å². The third-order valence-corrected chi connectivity index (χ3v) is 5.81. The van der Waals surface area contributed by atoms with Crippen LogP contribution in [0, 0.1) is 6.92 Å². The third-order valence-electron chi connectivity index (χ3n) is 4.14. The van der Waals surface area contributed by atoms with Gasteiger partial charge in [-0.1, -0.05) is 12.7 Å². The average Bonchev–Trinajstić information content (AvgIpc) is 3.21. The van der Waals surface area contributed by atoms with Crippen LogP contribution in [0.25, 0.3) is 4.83 Å². The van der Waals surface area contributed by atoms with Gasteiger partial charge in [-0.25, -0.2) is 9.78 Å². The van der Waals surface area contributed by atoms with Crippen LogP contribution in [0.4, 0.5) is 4.79 Å². The molecule has 2 aromatic heterocycles. The van der Waals surface area contributed by atoms with E-state index in [0.717, 1.165) is 21.8 Å². The number of aromatic nitrogens is 2. The zero-order valence-electron chi connectivity index (χ0n) is 14.6. The van der Waals surface area contributed by atoms with Crippen molar-refractivity contribution in [1.82, 2.24) is 14.3 Å². The highest BCUT2D eigenvalue weighted by molar-refractivity contribution is 7.86. The van der Waals surface area contributed by atoms with Crippen molar-refractivity contribution in [3.63, 3.8) is 0 Å². The van der Waals surface area contributed by atoms with Gasteiger partial charge in [-0.15, -0.1) is 11.3 Å². The summed E-state index contributed by atoms with van der Waals surface area (Å²) in [5.41, 5.74) is 0. The van der Waals surface area contributed by atoms with Crippen LogP contribution in [0.15, 0.2) is 25.0 Å². The van der Waals surface area contributed by atoms with Gasteiger partial charge in [-0.3, -0.25) is 8.58 Å². The van der Waals surface area contributed by atoms with Crippen LogP contribution in [0.3, 0.4) is 0 Å². The van der Waals surface area contributed by atoms with Gasteiger partial charge < -0.3 is 9.64 Å². The fourth-order valence-corrected chi connectivity index (χ4v) is 4.84. The Labute approximate surface area is 156 Å². The van der Waals surface area contributed by atoms with Gasteiger partial charge in [0.15, 0.2) is 0 Å². The van der Waals surface area contributed by atoms with Crippen LogP contribution in [0.1, 0.15) is 17.1 Å². The van der Waals surface area contributed by atoms with Crippen molar-refractivity contribution < 1.29 is 22.1 Å². The van der Waals surface area contributed by atoms with Crippen molar-refractivity contribution in [2.24, 2.45) is 0 Å². The molecule has 0 saturated carbocycles. The lowest BCUT2D eigenvalue weighted by molar-refractivity contribution is 0.104. The van der Waals surface area contributed by atoms with E-state index in [0.29, 0.717) is 12.8 Å². The highest BCUT2D eigenvalue weighted by Crippen LogP contribution is 2.28. The molecule has 1 aliphatic heterocycles. The molecule has 3 heterocycles. The van der Waals surface area contributed by atoms with Gasteiger partial charge >= 0.3 is 6.09 Å². The summed E-state index contributed by atoms with van der Waals surface area (Å²) in [4.78, 5) is 20.2. The Morgan fingerprint density at radius 2 is 2.31 bits per heavy atom. The third kappa shape index (κ3) is 4.25. The number of ether oxygens (including phenoxy) is 1. The summed E-state index contributed by atoms with van der Waals surface area (Å²) >= 11 is 1.60. The molecule has 1 fully saturated rings. The first-order valence-corrected chi connectivity index (χ1v) is 10.7. The topological polar surface area (TPSA) is 90.2 Å². The molecule has 1 saturated heterocycles. The standard InChI is InChI=1S/C16H21N3O5S2/c1-4-5-23-16(20)19-9-13(24-26(3,21)22)6-12(19)7-14-10-18-11(2)17-8-15(18)25-14/h4,8,10,12-13H,1,5-7,9H2,2-3H3/t12-,13+/m0/s1. The normalized spacial score (nSPS) is 20.6. The molecule has 2 aromatic rings. The number of carbonyl (C=O) groups excluding carboxylic acids is 1. The predicted octanol–water partition coefficient (Wildman–Crippen LogP) is 1.99. The zero-order valence-corrected chi connectivity index (χ0v) is 16.3. The van der Waals surface area contributed by atoms with Crippen LogP contribution < -0.4 is 0 Å². The lowest BCUT2D eigenvalue weighted by atomic mass is 10.1. The average molecular weight is 399 g/mol. The largest absolute Gasteiger partial charge is 0.445 e. The van der Waals surface area contributed by atoms with Crippen molar-refractivity contribution in [2.75, 3.05) is 19.4 Å². The summed E-state index contributed by atoms with van der Waals surface area (Å²) in [6.45, 7) is 5.74. The van der Waals surface area contributed by atoms with Crippen LogP contribution in [-0.4, -0.2) is 60.3 Å². The molecule has 1 amide bonds. The van der Waals surface area contributed by atoms with Gasteiger partial charge in [-0.2, -0.15) is 8.42 Å². The number of hydrogen-bond acceptors (Lipinski definition) is 7. The molecule has 0 spiro atoms. The summed E-state index contributed by atoms with van der Waals surface area (Å²) in [6, 6.07) is -0.198. The molecule has 0 radical (unpaired) electrons. The van der Waals surface area contributed by atoms with Crippen molar-refractivity contribution >= 4 is 32.4 Å². The van der Waals surface area contributed by atoms with Crippen molar-refractivity contribution in [2.45, 2.75) is 31.9 Å². The number of carbonyl (C=O) groups is 1. The number of hydrogen-bond donors (Lipinski definition) is 0. The molecule has 142 valence electrons. The minimum atomic E-state index is -3.59. The van der Waals surface area contributed by atoms with Gasteiger partial charge in [0, 0.05) is 23.5 Å². The van der Waals surface area contributed by atoms with E-state index in [9.17, 15) is 13.2 Å². The van der Waals surface area contributed by atoms with Crippen LogP contribution in [0.5, 0.6) is 0 Å². The van der Waals surface area contributed by atoms with Crippen LogP contribution in [0.2, 0.25) is 0 Å². The molecule has 2 atom stereocenters. The number of amides is 1. The molecule has 0 unspecified atom stereocenters. The lowest BCUT2D eigenvalue weighted by Gasteiger charge is -2.22. The number of thiazole rings is 1. The van der Waals surface area contributed by atoms with Crippen molar-refractivity contribution in [1.29, 1.82) is 0 Å². The molecule has 10 heteroatoms. The molecule has 26 heavy (non-hydrogen) atoms. The molecule has 0 aromatic carbocycles. The van der Waals surface area contributed by atoms with Gasteiger partial charge in [0.25, 0.3) is 10.1 Å². The summed E-state index contributed by atoms with van der Waals surface area (Å²) in [5, 5.41) is 0. The highest BCUT2D eigenvalue weighted by Gasteiger charge is 2.38. The summed E-state index contributed by atoms with van der Waals surface area (Å²) in [6.07, 6.45) is 6.28. The summed E-state index contributed by atoms with van der Waals surface area (Å²) < 4.78 is 35.1. The summed E-state index contributed by atoms with van der Waals surface area (Å²) in [5.74, 6) is 0.898. The zero-order chi connectivity index (χ0) is 18.9. The van der Waals surface area contributed by atoms with Crippen molar-refractivity contribution in [3.05, 3.63) is 35.8 Å². The first kappa shape index (κ1) is 18.9. The fraction of sp³-hybridized carbons (Fsp3) is 0.500. The second-order valence-electron chi connectivity index (χ2n) is 6.25.